The van der Waals surface area contributed by atoms with Crippen molar-refractivity contribution in [2.75, 3.05) is 24.5 Å². The van der Waals surface area contributed by atoms with E-state index in [9.17, 15) is 4.79 Å². The largest absolute Gasteiger partial charge is 0.351 e. The summed E-state index contributed by atoms with van der Waals surface area (Å²) in [6.07, 6.45) is 0.754. The first-order chi connectivity index (χ1) is 7.74. The van der Waals surface area contributed by atoms with E-state index in [1.165, 1.54) is 0 Å². The van der Waals surface area contributed by atoms with Crippen molar-refractivity contribution in [3.8, 4) is 0 Å². The third-order valence-corrected chi connectivity index (χ3v) is 2.95. The SMILES string of the molecule is CCc1nc(N(CC)C2CNC2)cc(=O)[nH]1. The zero-order chi connectivity index (χ0) is 11.5. The number of nitrogens with one attached hydrogen (secondary N) is 2. The number of anilines is 1. The number of aromatic amines is 1. The Hall–Kier alpha value is -1.36. The predicted molar refractivity (Wildman–Crippen MR) is 63.9 cm³/mol. The highest BCUT2D eigenvalue weighted by molar-refractivity contribution is 5.40. The van der Waals surface area contributed by atoms with E-state index in [4.69, 9.17) is 0 Å². The molecule has 1 aliphatic heterocycles. The summed E-state index contributed by atoms with van der Waals surface area (Å²) in [5.41, 5.74) is -0.0624. The van der Waals surface area contributed by atoms with E-state index in [2.05, 4.69) is 27.1 Å². The van der Waals surface area contributed by atoms with E-state index in [1.807, 2.05) is 6.92 Å². The van der Waals surface area contributed by atoms with Crippen molar-refractivity contribution >= 4 is 5.82 Å². The highest BCUT2D eigenvalue weighted by atomic mass is 16.1. The first kappa shape index (κ1) is 11.1. The van der Waals surface area contributed by atoms with Crippen LogP contribution in [-0.2, 0) is 6.42 Å². The maximum absolute atomic E-state index is 11.5. The molecule has 0 saturated carbocycles. The first-order valence-corrected chi connectivity index (χ1v) is 5.82. The Kier molecular flexibility index (Phi) is 3.24. The molecule has 5 nitrogen and oxygen atoms in total. The Balaban J connectivity index is 2.29. The molecule has 1 fully saturated rings. The summed E-state index contributed by atoms with van der Waals surface area (Å²) in [4.78, 5) is 20.9. The molecule has 88 valence electrons. The minimum atomic E-state index is -0.0624. The molecule has 1 aromatic rings. The van der Waals surface area contributed by atoms with Gasteiger partial charge in [0.05, 0.1) is 6.04 Å². The smallest absolute Gasteiger partial charge is 0.252 e. The lowest BCUT2D eigenvalue weighted by Gasteiger charge is -2.38. The fourth-order valence-corrected chi connectivity index (χ4v) is 1.91. The van der Waals surface area contributed by atoms with Crippen molar-refractivity contribution in [1.29, 1.82) is 0 Å². The molecule has 1 saturated heterocycles. The molecule has 0 aliphatic carbocycles. The molecular formula is C11H18N4O. The molecule has 1 aliphatic rings. The minimum Gasteiger partial charge on any atom is -0.351 e. The Labute approximate surface area is 94.9 Å². The number of hydrogen-bond acceptors (Lipinski definition) is 4. The highest BCUT2D eigenvalue weighted by Crippen LogP contribution is 2.14. The summed E-state index contributed by atoms with van der Waals surface area (Å²) in [6.45, 7) is 6.91. The second-order valence-corrected chi connectivity index (χ2v) is 4.00. The molecule has 0 radical (unpaired) electrons. The van der Waals surface area contributed by atoms with Crippen LogP contribution in [0.4, 0.5) is 5.82 Å². The van der Waals surface area contributed by atoms with Crippen LogP contribution in [0.3, 0.4) is 0 Å². The van der Waals surface area contributed by atoms with Crippen LogP contribution < -0.4 is 15.8 Å². The monoisotopic (exact) mass is 222 g/mol. The zero-order valence-electron chi connectivity index (χ0n) is 9.79. The van der Waals surface area contributed by atoms with Gasteiger partial charge >= 0.3 is 0 Å². The lowest BCUT2D eigenvalue weighted by molar-refractivity contribution is 0.415. The van der Waals surface area contributed by atoms with Gasteiger partial charge in [-0.15, -0.1) is 0 Å². The number of likely N-dealkylation sites (N-methyl/N-ethyl adjacent to an activating group) is 1. The fourth-order valence-electron chi connectivity index (χ4n) is 1.91. The third kappa shape index (κ3) is 2.09. The van der Waals surface area contributed by atoms with Gasteiger partial charge < -0.3 is 15.2 Å². The van der Waals surface area contributed by atoms with Gasteiger partial charge in [0.25, 0.3) is 5.56 Å². The second kappa shape index (κ2) is 4.65. The molecule has 0 amide bonds. The van der Waals surface area contributed by atoms with Gasteiger partial charge in [-0.05, 0) is 6.92 Å². The van der Waals surface area contributed by atoms with E-state index < -0.39 is 0 Å². The van der Waals surface area contributed by atoms with Crippen LogP contribution >= 0.6 is 0 Å². The molecule has 2 N–H and O–H groups in total. The number of nitrogens with zero attached hydrogens (tertiary/aromatic N) is 2. The summed E-state index contributed by atoms with van der Waals surface area (Å²) in [7, 11) is 0. The molecule has 2 heterocycles. The van der Waals surface area contributed by atoms with Gasteiger partial charge in [0.1, 0.15) is 11.6 Å². The van der Waals surface area contributed by atoms with Gasteiger partial charge in [-0.1, -0.05) is 6.92 Å². The maximum Gasteiger partial charge on any atom is 0.252 e. The quantitative estimate of drug-likeness (QED) is 0.760. The Morgan fingerprint density at radius 2 is 2.25 bits per heavy atom. The predicted octanol–water partition coefficient (Wildman–Crippen LogP) is 0.130. The van der Waals surface area contributed by atoms with Gasteiger partial charge in [-0.25, -0.2) is 4.98 Å². The summed E-state index contributed by atoms with van der Waals surface area (Å²) in [5.74, 6) is 1.56. The van der Waals surface area contributed by atoms with Gasteiger partial charge in [-0.3, -0.25) is 4.79 Å². The maximum atomic E-state index is 11.5. The van der Waals surface area contributed by atoms with Gasteiger partial charge in [-0.2, -0.15) is 0 Å². The zero-order valence-corrected chi connectivity index (χ0v) is 9.79. The second-order valence-electron chi connectivity index (χ2n) is 4.00. The molecule has 0 spiro atoms. The van der Waals surface area contributed by atoms with E-state index >= 15 is 0 Å². The van der Waals surface area contributed by atoms with E-state index in [0.717, 1.165) is 37.7 Å². The van der Waals surface area contributed by atoms with E-state index in [0.29, 0.717) is 6.04 Å². The lowest BCUT2D eigenvalue weighted by atomic mass is 10.1. The number of aryl methyl sites for hydroxylation is 1. The summed E-state index contributed by atoms with van der Waals surface area (Å²) in [6, 6.07) is 2.06. The van der Waals surface area contributed by atoms with Crippen LogP contribution in [-0.4, -0.2) is 35.6 Å². The lowest BCUT2D eigenvalue weighted by Crippen LogP contribution is -2.57. The molecule has 2 rings (SSSR count). The van der Waals surface area contributed by atoms with Crippen molar-refractivity contribution in [3.63, 3.8) is 0 Å². The fraction of sp³-hybridized carbons (Fsp3) is 0.636. The number of hydrogen-bond donors (Lipinski definition) is 2. The van der Waals surface area contributed by atoms with E-state index in [-0.39, 0.29) is 5.56 Å². The molecular weight excluding hydrogens is 204 g/mol. The van der Waals surface area contributed by atoms with Crippen molar-refractivity contribution in [2.45, 2.75) is 26.3 Å². The molecule has 0 bridgehead atoms. The van der Waals surface area contributed by atoms with Gasteiger partial charge in [0, 0.05) is 32.1 Å². The number of H-pyrrole nitrogens is 1. The summed E-state index contributed by atoms with van der Waals surface area (Å²) < 4.78 is 0. The third-order valence-electron chi connectivity index (χ3n) is 2.95. The molecule has 1 aromatic heterocycles. The normalized spacial score (nSPS) is 15.9. The van der Waals surface area contributed by atoms with E-state index in [1.54, 1.807) is 6.07 Å². The summed E-state index contributed by atoms with van der Waals surface area (Å²) in [5, 5.41) is 3.23. The number of aromatic nitrogens is 2. The van der Waals surface area contributed by atoms with Crippen LogP contribution in [0.2, 0.25) is 0 Å². The molecule has 0 aromatic carbocycles. The van der Waals surface area contributed by atoms with Gasteiger partial charge in [0.15, 0.2) is 0 Å². The van der Waals surface area contributed by atoms with Crippen molar-refractivity contribution in [2.24, 2.45) is 0 Å². The topological polar surface area (TPSA) is 61.0 Å². The van der Waals surface area contributed by atoms with Crippen molar-refractivity contribution < 1.29 is 0 Å². The average molecular weight is 222 g/mol. The molecule has 5 heteroatoms. The van der Waals surface area contributed by atoms with Crippen LogP contribution in [0, 0.1) is 0 Å². The number of rotatable bonds is 4. The van der Waals surface area contributed by atoms with Crippen LogP contribution in [0.1, 0.15) is 19.7 Å². The van der Waals surface area contributed by atoms with Crippen molar-refractivity contribution in [1.82, 2.24) is 15.3 Å². The highest BCUT2D eigenvalue weighted by Gasteiger charge is 2.24. The summed E-state index contributed by atoms with van der Waals surface area (Å²) >= 11 is 0. The van der Waals surface area contributed by atoms with Crippen LogP contribution in [0.15, 0.2) is 10.9 Å². The van der Waals surface area contributed by atoms with Crippen molar-refractivity contribution in [3.05, 3.63) is 22.2 Å². The van der Waals surface area contributed by atoms with Gasteiger partial charge in [0.2, 0.25) is 0 Å². The molecule has 16 heavy (non-hydrogen) atoms. The molecule has 0 unspecified atom stereocenters. The van der Waals surface area contributed by atoms with Crippen LogP contribution in [0.25, 0.3) is 0 Å². The first-order valence-electron chi connectivity index (χ1n) is 5.82. The van der Waals surface area contributed by atoms with Crippen LogP contribution in [0.5, 0.6) is 0 Å². The Bertz CT molecular complexity index is 411. The standard InChI is InChI=1S/C11H18N4O/c1-3-9-13-10(5-11(16)14-9)15(4-2)8-6-12-7-8/h5,8,12H,3-4,6-7H2,1-2H3,(H,13,14,16). The Morgan fingerprint density at radius 1 is 1.50 bits per heavy atom. The molecule has 0 atom stereocenters. The minimum absolute atomic E-state index is 0.0624. The Morgan fingerprint density at radius 3 is 2.75 bits per heavy atom. The average Bonchev–Trinajstić information content (AvgIpc) is 2.22.